The van der Waals surface area contributed by atoms with E-state index >= 15 is 0 Å². The van der Waals surface area contributed by atoms with Gasteiger partial charge < -0.3 is 10.2 Å². The normalized spacial score (nSPS) is 14.9. The summed E-state index contributed by atoms with van der Waals surface area (Å²) in [6.07, 6.45) is 1.76. The second-order valence-corrected chi connectivity index (χ2v) is 10.5. The number of benzene rings is 3. The number of piperidine rings is 1. The molecule has 192 valence electrons. The summed E-state index contributed by atoms with van der Waals surface area (Å²) in [7, 11) is 0. The number of nitrogens with zero attached hydrogens (tertiary/aromatic N) is 1. The summed E-state index contributed by atoms with van der Waals surface area (Å²) in [6.45, 7) is 6.74. The highest BCUT2D eigenvalue weighted by Gasteiger charge is 2.32. The summed E-state index contributed by atoms with van der Waals surface area (Å²) in [6, 6.07) is 21.9. The summed E-state index contributed by atoms with van der Waals surface area (Å²) < 4.78 is 0. The van der Waals surface area contributed by atoms with E-state index in [1.165, 1.54) is 12.5 Å². The van der Waals surface area contributed by atoms with Crippen LogP contribution in [0.5, 0.6) is 0 Å². The highest BCUT2D eigenvalue weighted by molar-refractivity contribution is 6.30. The van der Waals surface area contributed by atoms with E-state index in [4.69, 9.17) is 11.6 Å². The van der Waals surface area contributed by atoms with Crippen molar-refractivity contribution in [3.8, 4) is 11.1 Å². The lowest BCUT2D eigenvalue weighted by Gasteiger charge is -2.35. The number of halogens is 1. The Morgan fingerprint density at radius 1 is 0.919 bits per heavy atom. The van der Waals surface area contributed by atoms with E-state index < -0.39 is 6.04 Å². The Morgan fingerprint density at radius 2 is 1.59 bits per heavy atom. The van der Waals surface area contributed by atoms with Crippen LogP contribution in [0, 0.1) is 5.92 Å². The molecule has 0 aliphatic carbocycles. The van der Waals surface area contributed by atoms with Crippen molar-refractivity contribution in [3.05, 3.63) is 94.5 Å². The third-order valence-electron chi connectivity index (χ3n) is 7.11. The Kier molecular flexibility index (Phi) is 8.45. The van der Waals surface area contributed by atoms with Crippen LogP contribution in [-0.2, 0) is 4.79 Å². The predicted molar refractivity (Wildman–Crippen MR) is 148 cm³/mol. The molecule has 0 spiro atoms. The van der Waals surface area contributed by atoms with Crippen molar-refractivity contribution in [2.75, 3.05) is 13.1 Å². The molecular weight excluding hydrogens is 484 g/mol. The monoisotopic (exact) mass is 516 g/mol. The third-order valence-corrected chi connectivity index (χ3v) is 7.36. The molecule has 5 nitrogen and oxygen atoms in total. The largest absolute Gasteiger partial charge is 0.341 e. The molecule has 3 aromatic carbocycles. The van der Waals surface area contributed by atoms with Gasteiger partial charge in [0.25, 0.3) is 5.91 Å². The second kappa shape index (κ2) is 11.7. The number of ketones is 1. The van der Waals surface area contributed by atoms with E-state index in [9.17, 15) is 14.4 Å². The van der Waals surface area contributed by atoms with Crippen molar-refractivity contribution in [3.63, 3.8) is 0 Å². The molecule has 3 aromatic rings. The first kappa shape index (κ1) is 26.6. The number of likely N-dealkylation sites (tertiary alicyclic amines) is 1. The van der Waals surface area contributed by atoms with Gasteiger partial charge in [-0.15, -0.1) is 0 Å². The maximum atomic E-state index is 13.5. The van der Waals surface area contributed by atoms with Gasteiger partial charge in [-0.1, -0.05) is 74.0 Å². The zero-order valence-corrected chi connectivity index (χ0v) is 22.3. The van der Waals surface area contributed by atoms with Gasteiger partial charge in [0.05, 0.1) is 0 Å². The third kappa shape index (κ3) is 6.28. The molecule has 0 aromatic heterocycles. The zero-order valence-electron chi connectivity index (χ0n) is 21.5. The molecule has 1 atom stereocenters. The van der Waals surface area contributed by atoms with Gasteiger partial charge in [-0.2, -0.15) is 0 Å². The summed E-state index contributed by atoms with van der Waals surface area (Å²) in [5, 5.41) is 3.71. The second-order valence-electron chi connectivity index (χ2n) is 10.0. The van der Waals surface area contributed by atoms with Crippen LogP contribution in [0.2, 0.25) is 5.02 Å². The first-order valence-electron chi connectivity index (χ1n) is 12.8. The van der Waals surface area contributed by atoms with Crippen LogP contribution < -0.4 is 5.32 Å². The maximum absolute atomic E-state index is 13.5. The van der Waals surface area contributed by atoms with Gasteiger partial charge in [0.15, 0.2) is 5.78 Å². The Hall–Kier alpha value is -3.44. The first-order chi connectivity index (χ1) is 17.7. The molecule has 1 saturated heterocycles. The van der Waals surface area contributed by atoms with Crippen LogP contribution in [0.4, 0.5) is 0 Å². The average Bonchev–Trinajstić information content (AvgIpc) is 2.91. The Balaban J connectivity index is 1.45. The van der Waals surface area contributed by atoms with Crippen LogP contribution in [0.15, 0.2) is 72.8 Å². The van der Waals surface area contributed by atoms with Crippen LogP contribution in [0.25, 0.3) is 11.1 Å². The van der Waals surface area contributed by atoms with Crippen molar-refractivity contribution in [2.45, 2.75) is 45.6 Å². The number of amides is 2. The SMILES string of the molecule is CC(=O)c1ccccc1-c1cccc(C(=O)N[C@@H](C(=O)N2CCC(c3ccc(Cl)cc3)CC2)C(C)C)c1. The lowest BCUT2D eigenvalue weighted by atomic mass is 9.89. The molecule has 1 aliphatic rings. The maximum Gasteiger partial charge on any atom is 0.251 e. The minimum atomic E-state index is -0.618. The molecule has 37 heavy (non-hydrogen) atoms. The topological polar surface area (TPSA) is 66.5 Å². The molecule has 1 heterocycles. The fourth-order valence-electron chi connectivity index (χ4n) is 4.97. The molecule has 1 aliphatic heterocycles. The Morgan fingerprint density at radius 3 is 2.24 bits per heavy atom. The van der Waals surface area contributed by atoms with Gasteiger partial charge in [-0.05, 0) is 72.6 Å². The Bertz CT molecular complexity index is 1280. The van der Waals surface area contributed by atoms with E-state index in [2.05, 4.69) is 17.4 Å². The average molecular weight is 517 g/mol. The highest BCUT2D eigenvalue weighted by Crippen LogP contribution is 2.30. The molecule has 0 radical (unpaired) electrons. The lowest BCUT2D eigenvalue weighted by molar-refractivity contribution is -0.135. The molecule has 0 unspecified atom stereocenters. The van der Waals surface area contributed by atoms with E-state index in [-0.39, 0.29) is 23.5 Å². The fraction of sp³-hybridized carbons (Fsp3) is 0.323. The summed E-state index contributed by atoms with van der Waals surface area (Å²) >= 11 is 6.02. The van der Waals surface area contributed by atoms with Gasteiger partial charge in [-0.25, -0.2) is 0 Å². The number of hydrogen-bond donors (Lipinski definition) is 1. The van der Waals surface area contributed by atoms with E-state index in [0.717, 1.165) is 29.0 Å². The van der Waals surface area contributed by atoms with Crippen molar-refractivity contribution < 1.29 is 14.4 Å². The van der Waals surface area contributed by atoms with E-state index in [1.807, 2.05) is 55.1 Å². The van der Waals surface area contributed by atoms with Crippen LogP contribution in [0.3, 0.4) is 0 Å². The molecule has 0 bridgehead atoms. The summed E-state index contributed by atoms with van der Waals surface area (Å²) in [5.74, 6) is -0.0434. The van der Waals surface area contributed by atoms with Gasteiger partial charge in [0.2, 0.25) is 5.91 Å². The lowest BCUT2D eigenvalue weighted by Crippen LogP contribution is -2.52. The molecule has 1 fully saturated rings. The fourth-order valence-corrected chi connectivity index (χ4v) is 5.10. The van der Waals surface area contributed by atoms with Crippen molar-refractivity contribution in [1.82, 2.24) is 10.2 Å². The van der Waals surface area contributed by atoms with Crippen LogP contribution in [0.1, 0.15) is 65.8 Å². The number of carbonyl (C=O) groups is 3. The number of Topliss-reactive ketones (excluding diaryl/α,β-unsaturated/α-hetero) is 1. The number of rotatable bonds is 7. The number of hydrogen-bond acceptors (Lipinski definition) is 3. The summed E-state index contributed by atoms with van der Waals surface area (Å²) in [5.41, 5.74) is 3.88. The molecule has 2 amide bonds. The molecule has 1 N–H and O–H groups in total. The van der Waals surface area contributed by atoms with Crippen molar-refractivity contribution in [1.29, 1.82) is 0 Å². The number of carbonyl (C=O) groups excluding carboxylic acids is 3. The molecule has 4 rings (SSSR count). The van der Waals surface area contributed by atoms with Crippen LogP contribution in [-0.4, -0.2) is 41.6 Å². The van der Waals surface area contributed by atoms with Gasteiger partial charge >= 0.3 is 0 Å². The zero-order chi connectivity index (χ0) is 26.5. The summed E-state index contributed by atoms with van der Waals surface area (Å²) in [4.78, 5) is 40.7. The standard InChI is InChI=1S/C31H33ClN2O3/c1-20(2)29(31(37)34-17-15-23(16-18-34)22-11-13-26(32)14-12-22)33-30(36)25-8-6-7-24(19-25)28-10-5-4-9-27(28)21(3)35/h4-14,19-20,23,29H,15-18H2,1-3H3,(H,33,36)/t29-/m1/s1. The van der Waals surface area contributed by atoms with Gasteiger partial charge in [0.1, 0.15) is 6.04 Å². The van der Waals surface area contributed by atoms with Gasteiger partial charge in [-0.3, -0.25) is 14.4 Å². The quantitative estimate of drug-likeness (QED) is 0.371. The number of nitrogens with one attached hydrogen (secondary N) is 1. The van der Waals surface area contributed by atoms with E-state index in [1.54, 1.807) is 24.3 Å². The molecular formula is C31H33ClN2O3. The Labute approximate surface area is 223 Å². The van der Waals surface area contributed by atoms with Crippen molar-refractivity contribution in [2.24, 2.45) is 5.92 Å². The minimum absolute atomic E-state index is 0.0317. The highest BCUT2D eigenvalue weighted by atomic mass is 35.5. The minimum Gasteiger partial charge on any atom is -0.341 e. The molecule has 6 heteroatoms. The van der Waals surface area contributed by atoms with Crippen molar-refractivity contribution >= 4 is 29.2 Å². The molecule has 0 saturated carbocycles. The first-order valence-corrected chi connectivity index (χ1v) is 13.2. The predicted octanol–water partition coefficient (Wildman–Crippen LogP) is 6.37. The smallest absolute Gasteiger partial charge is 0.251 e. The van der Waals surface area contributed by atoms with Gasteiger partial charge in [0, 0.05) is 29.2 Å². The van der Waals surface area contributed by atoms with Crippen LogP contribution >= 0.6 is 11.6 Å². The van der Waals surface area contributed by atoms with E-state index in [0.29, 0.717) is 30.1 Å².